The van der Waals surface area contributed by atoms with E-state index < -0.39 is 0 Å². The molecule has 1 saturated heterocycles. The quantitative estimate of drug-likeness (QED) is 0.665. The lowest BCUT2D eigenvalue weighted by molar-refractivity contribution is 0.0467. The zero-order valence-corrected chi connectivity index (χ0v) is 8.93. The van der Waals surface area contributed by atoms with E-state index in [1.807, 2.05) is 0 Å². The number of rotatable bonds is 3. The first-order valence-electron chi connectivity index (χ1n) is 4.43. The summed E-state index contributed by atoms with van der Waals surface area (Å²) in [5.74, 6) is 0.772. The Morgan fingerprint density at radius 1 is 1.36 bits per heavy atom. The lowest BCUT2D eigenvalue weighted by Crippen LogP contribution is -2.13. The summed E-state index contributed by atoms with van der Waals surface area (Å²) in [6.45, 7) is 4.51. The van der Waals surface area contributed by atoms with Crippen LogP contribution in [0, 0.1) is 5.92 Å². The third-order valence-corrected chi connectivity index (χ3v) is 2.82. The third kappa shape index (κ3) is 3.12. The van der Waals surface area contributed by atoms with Crippen LogP contribution in [0.3, 0.4) is 0 Å². The second-order valence-electron chi connectivity index (χ2n) is 3.74. The van der Waals surface area contributed by atoms with Crippen LogP contribution in [-0.4, -0.2) is 17.5 Å². The summed E-state index contributed by atoms with van der Waals surface area (Å²) >= 11 is 3.44. The van der Waals surface area contributed by atoms with E-state index in [0.717, 1.165) is 11.2 Å². The van der Waals surface area contributed by atoms with Crippen LogP contribution in [0.5, 0.6) is 0 Å². The Hall–Kier alpha value is 0.440. The highest BCUT2D eigenvalue weighted by Gasteiger charge is 2.24. The van der Waals surface area contributed by atoms with Crippen LogP contribution >= 0.6 is 15.9 Å². The fourth-order valence-corrected chi connectivity index (χ4v) is 2.07. The Kier molecular flexibility index (Phi) is 3.86. The van der Waals surface area contributed by atoms with Crippen molar-refractivity contribution in [3.8, 4) is 0 Å². The van der Waals surface area contributed by atoms with Crippen molar-refractivity contribution in [3.05, 3.63) is 0 Å². The number of hydrogen-bond donors (Lipinski definition) is 0. The van der Waals surface area contributed by atoms with Gasteiger partial charge in [0, 0.05) is 5.33 Å². The van der Waals surface area contributed by atoms with Crippen molar-refractivity contribution in [3.63, 3.8) is 0 Å². The first kappa shape index (κ1) is 9.53. The molecule has 0 aromatic heterocycles. The maximum absolute atomic E-state index is 5.77. The number of halogens is 1. The molecule has 1 rings (SSSR count). The first-order valence-corrected chi connectivity index (χ1v) is 5.56. The van der Waals surface area contributed by atoms with Crippen LogP contribution in [-0.2, 0) is 4.74 Å². The van der Waals surface area contributed by atoms with Crippen LogP contribution in [0.25, 0.3) is 0 Å². The van der Waals surface area contributed by atoms with Gasteiger partial charge in [0.25, 0.3) is 0 Å². The van der Waals surface area contributed by atoms with Gasteiger partial charge in [-0.05, 0) is 25.2 Å². The predicted octanol–water partition coefficient (Wildman–Crippen LogP) is 2.98. The largest absolute Gasteiger partial charge is 0.374 e. The molecule has 11 heavy (non-hydrogen) atoms. The molecule has 2 heteroatoms. The molecule has 0 aliphatic carbocycles. The molecule has 0 bridgehead atoms. The highest BCUT2D eigenvalue weighted by molar-refractivity contribution is 9.09. The summed E-state index contributed by atoms with van der Waals surface area (Å²) in [6.07, 6.45) is 4.75. The zero-order chi connectivity index (χ0) is 8.27. The molecule has 0 amide bonds. The molecule has 1 aliphatic heterocycles. The fourth-order valence-electron chi connectivity index (χ4n) is 1.59. The third-order valence-electron chi connectivity index (χ3n) is 2.10. The lowest BCUT2D eigenvalue weighted by Gasteiger charge is -2.13. The topological polar surface area (TPSA) is 9.23 Å². The minimum atomic E-state index is 0.485. The maximum Gasteiger partial charge on any atom is 0.0676 e. The van der Waals surface area contributed by atoms with E-state index in [-0.39, 0.29) is 0 Å². The Labute approximate surface area is 77.6 Å². The van der Waals surface area contributed by atoms with Crippen molar-refractivity contribution in [2.24, 2.45) is 5.92 Å². The van der Waals surface area contributed by atoms with Crippen LogP contribution < -0.4 is 0 Å². The van der Waals surface area contributed by atoms with Crippen molar-refractivity contribution in [2.45, 2.75) is 45.3 Å². The van der Waals surface area contributed by atoms with Gasteiger partial charge in [0.15, 0.2) is 0 Å². The van der Waals surface area contributed by atoms with Gasteiger partial charge >= 0.3 is 0 Å². The molecule has 1 nitrogen and oxygen atoms in total. The molecule has 0 saturated carbocycles. The minimum absolute atomic E-state index is 0.485. The summed E-state index contributed by atoms with van der Waals surface area (Å²) < 4.78 is 5.77. The van der Waals surface area contributed by atoms with Crippen molar-refractivity contribution < 1.29 is 4.74 Å². The smallest absolute Gasteiger partial charge is 0.0676 e. The molecule has 1 fully saturated rings. The van der Waals surface area contributed by atoms with Crippen LogP contribution in [0.15, 0.2) is 0 Å². The van der Waals surface area contributed by atoms with Gasteiger partial charge in [-0.1, -0.05) is 29.8 Å². The molecule has 0 N–H and O–H groups in total. The molecule has 66 valence electrons. The Balaban J connectivity index is 2.19. The molecule has 0 radical (unpaired) electrons. The molecular weight excluding hydrogens is 204 g/mol. The highest BCUT2D eigenvalue weighted by Crippen LogP contribution is 2.25. The minimum Gasteiger partial charge on any atom is -0.374 e. The number of alkyl halides is 1. The maximum atomic E-state index is 5.77. The standard InChI is InChI=1S/C9H17BrO/c1-7(2)5-8-3-4-9(6-10)11-8/h7-9H,3-6H2,1-2H3. The average molecular weight is 221 g/mol. The van der Waals surface area contributed by atoms with Crippen molar-refractivity contribution in [1.29, 1.82) is 0 Å². The average Bonchev–Trinajstić information content (AvgIpc) is 2.34. The molecule has 2 unspecified atom stereocenters. The van der Waals surface area contributed by atoms with Gasteiger partial charge in [-0.2, -0.15) is 0 Å². The molecule has 1 heterocycles. The molecule has 0 aromatic rings. The van der Waals surface area contributed by atoms with Crippen molar-refractivity contribution in [2.75, 3.05) is 5.33 Å². The van der Waals surface area contributed by atoms with Gasteiger partial charge in [-0.25, -0.2) is 0 Å². The van der Waals surface area contributed by atoms with E-state index in [9.17, 15) is 0 Å². The predicted molar refractivity (Wildman–Crippen MR) is 51.1 cm³/mol. The normalized spacial score (nSPS) is 31.6. The van der Waals surface area contributed by atoms with Gasteiger partial charge in [0.2, 0.25) is 0 Å². The van der Waals surface area contributed by atoms with Crippen LogP contribution in [0.2, 0.25) is 0 Å². The summed E-state index contributed by atoms with van der Waals surface area (Å²) in [4.78, 5) is 0. The number of hydrogen-bond acceptors (Lipinski definition) is 1. The van der Waals surface area contributed by atoms with E-state index in [2.05, 4.69) is 29.8 Å². The lowest BCUT2D eigenvalue weighted by atomic mass is 10.0. The summed E-state index contributed by atoms with van der Waals surface area (Å²) in [7, 11) is 0. The van der Waals surface area contributed by atoms with Gasteiger partial charge in [-0.3, -0.25) is 0 Å². The Morgan fingerprint density at radius 3 is 2.45 bits per heavy atom. The van der Waals surface area contributed by atoms with Gasteiger partial charge in [0.05, 0.1) is 12.2 Å². The van der Waals surface area contributed by atoms with Crippen LogP contribution in [0.1, 0.15) is 33.1 Å². The van der Waals surface area contributed by atoms with E-state index in [4.69, 9.17) is 4.74 Å². The van der Waals surface area contributed by atoms with E-state index in [1.54, 1.807) is 0 Å². The van der Waals surface area contributed by atoms with Gasteiger partial charge < -0.3 is 4.74 Å². The van der Waals surface area contributed by atoms with E-state index >= 15 is 0 Å². The Bertz CT molecular complexity index is 114. The molecule has 0 aromatic carbocycles. The second-order valence-corrected chi connectivity index (χ2v) is 4.39. The fraction of sp³-hybridized carbons (Fsp3) is 1.00. The van der Waals surface area contributed by atoms with E-state index in [0.29, 0.717) is 12.2 Å². The zero-order valence-electron chi connectivity index (χ0n) is 7.35. The van der Waals surface area contributed by atoms with Crippen LogP contribution in [0.4, 0.5) is 0 Å². The van der Waals surface area contributed by atoms with E-state index in [1.165, 1.54) is 19.3 Å². The monoisotopic (exact) mass is 220 g/mol. The van der Waals surface area contributed by atoms with Gasteiger partial charge in [0.1, 0.15) is 0 Å². The summed E-state index contributed by atoms with van der Waals surface area (Å²) in [5, 5.41) is 1.00. The van der Waals surface area contributed by atoms with Gasteiger partial charge in [-0.15, -0.1) is 0 Å². The molecule has 2 atom stereocenters. The van der Waals surface area contributed by atoms with Crippen molar-refractivity contribution in [1.82, 2.24) is 0 Å². The first-order chi connectivity index (χ1) is 5.22. The summed E-state index contributed by atoms with van der Waals surface area (Å²) in [5.41, 5.74) is 0. The summed E-state index contributed by atoms with van der Waals surface area (Å²) in [6, 6.07) is 0. The highest BCUT2D eigenvalue weighted by atomic mass is 79.9. The SMILES string of the molecule is CC(C)CC1CCC(CBr)O1. The molecule has 1 aliphatic rings. The van der Waals surface area contributed by atoms with Crippen molar-refractivity contribution >= 4 is 15.9 Å². The second kappa shape index (κ2) is 4.46. The molecule has 0 spiro atoms. The number of ether oxygens (including phenoxy) is 1. The Morgan fingerprint density at radius 2 is 2.00 bits per heavy atom. The molecular formula is C9H17BrO.